The van der Waals surface area contributed by atoms with Gasteiger partial charge in [-0.25, -0.2) is 0 Å². The van der Waals surface area contributed by atoms with E-state index < -0.39 is 0 Å². The van der Waals surface area contributed by atoms with E-state index in [1.165, 1.54) is 21.3 Å². The predicted molar refractivity (Wildman–Crippen MR) is 106 cm³/mol. The van der Waals surface area contributed by atoms with Gasteiger partial charge in [0.25, 0.3) is 0 Å². The minimum atomic E-state index is -0.357. The first kappa shape index (κ1) is 19.5. The van der Waals surface area contributed by atoms with Gasteiger partial charge in [-0.1, -0.05) is 17.7 Å². The Kier molecular flexibility index (Phi) is 5.73. The van der Waals surface area contributed by atoms with Gasteiger partial charge in [-0.2, -0.15) is 0 Å². The van der Waals surface area contributed by atoms with Crippen molar-refractivity contribution in [1.82, 2.24) is 0 Å². The lowest BCUT2D eigenvalue weighted by Gasteiger charge is -2.14. The Bertz CT molecular complexity index is 854. The number of carbonyl (C=O) groups is 2. The molecule has 3 rings (SSSR count). The molecule has 7 heteroatoms. The molecule has 0 bridgehead atoms. The Morgan fingerprint density at radius 1 is 0.821 bits per heavy atom. The van der Waals surface area contributed by atoms with E-state index >= 15 is 0 Å². The molecule has 1 aliphatic rings. The van der Waals surface area contributed by atoms with Crippen LogP contribution in [0.15, 0.2) is 36.4 Å². The largest absolute Gasteiger partial charge is 0.493 e. The topological polar surface area (TPSA) is 85.9 Å². The highest BCUT2D eigenvalue weighted by Crippen LogP contribution is 2.42. The molecule has 2 aromatic carbocycles. The normalized spacial score (nSPS) is 17.4. The molecular weight excluding hydrogens is 360 g/mol. The van der Waals surface area contributed by atoms with Gasteiger partial charge in [-0.05, 0) is 25.5 Å². The average Bonchev–Trinajstić information content (AvgIpc) is 3.50. The second kappa shape index (κ2) is 8.21. The zero-order valence-corrected chi connectivity index (χ0v) is 16.4. The van der Waals surface area contributed by atoms with Crippen molar-refractivity contribution in [3.63, 3.8) is 0 Å². The highest BCUT2D eigenvalue weighted by Gasteiger charge is 2.48. The van der Waals surface area contributed by atoms with Gasteiger partial charge in [0.15, 0.2) is 11.5 Å². The van der Waals surface area contributed by atoms with Crippen LogP contribution in [-0.2, 0) is 9.59 Å². The van der Waals surface area contributed by atoms with Gasteiger partial charge in [0, 0.05) is 23.5 Å². The van der Waals surface area contributed by atoms with Crippen molar-refractivity contribution in [3.05, 3.63) is 42.0 Å². The molecule has 0 aromatic heterocycles. The molecular formula is C21H24N2O5. The number of nitrogens with one attached hydrogen (secondary N) is 2. The van der Waals surface area contributed by atoms with E-state index in [2.05, 4.69) is 10.6 Å². The highest BCUT2D eigenvalue weighted by molar-refractivity contribution is 6.03. The quantitative estimate of drug-likeness (QED) is 0.765. The van der Waals surface area contributed by atoms with Crippen LogP contribution in [0.25, 0.3) is 0 Å². The fourth-order valence-corrected chi connectivity index (χ4v) is 3.03. The van der Waals surface area contributed by atoms with Crippen molar-refractivity contribution in [2.75, 3.05) is 32.0 Å². The van der Waals surface area contributed by atoms with Gasteiger partial charge in [0.2, 0.25) is 17.6 Å². The van der Waals surface area contributed by atoms with Crippen LogP contribution in [0.4, 0.5) is 11.4 Å². The third kappa shape index (κ3) is 4.19. The van der Waals surface area contributed by atoms with Crippen molar-refractivity contribution >= 4 is 23.2 Å². The monoisotopic (exact) mass is 384 g/mol. The zero-order chi connectivity index (χ0) is 20.3. The van der Waals surface area contributed by atoms with Crippen molar-refractivity contribution in [3.8, 4) is 17.2 Å². The minimum Gasteiger partial charge on any atom is -0.493 e. The molecule has 2 amide bonds. The Morgan fingerprint density at radius 2 is 1.32 bits per heavy atom. The molecule has 148 valence electrons. The lowest BCUT2D eigenvalue weighted by molar-refractivity contribution is -0.122. The first-order valence-electron chi connectivity index (χ1n) is 8.95. The maximum atomic E-state index is 12.5. The van der Waals surface area contributed by atoms with Crippen molar-refractivity contribution in [2.45, 2.75) is 13.3 Å². The van der Waals surface area contributed by atoms with Crippen molar-refractivity contribution < 1.29 is 23.8 Å². The van der Waals surface area contributed by atoms with Crippen LogP contribution in [0.1, 0.15) is 12.0 Å². The van der Waals surface area contributed by atoms with Gasteiger partial charge in [-0.15, -0.1) is 0 Å². The van der Waals surface area contributed by atoms with Crippen molar-refractivity contribution in [1.29, 1.82) is 0 Å². The second-order valence-electron chi connectivity index (χ2n) is 6.71. The first-order valence-corrected chi connectivity index (χ1v) is 8.95. The molecule has 2 atom stereocenters. The summed E-state index contributed by atoms with van der Waals surface area (Å²) in [4.78, 5) is 24.9. The molecule has 0 radical (unpaired) electrons. The maximum absolute atomic E-state index is 12.5. The van der Waals surface area contributed by atoms with Gasteiger partial charge in [0.1, 0.15) is 0 Å². The van der Waals surface area contributed by atoms with Crippen LogP contribution in [-0.4, -0.2) is 33.1 Å². The van der Waals surface area contributed by atoms with Gasteiger partial charge in [0.05, 0.1) is 33.2 Å². The Morgan fingerprint density at radius 3 is 1.79 bits per heavy atom. The number of hydrogen-bond donors (Lipinski definition) is 2. The molecule has 0 saturated heterocycles. The van der Waals surface area contributed by atoms with E-state index in [1.807, 2.05) is 31.2 Å². The number of carbonyl (C=O) groups excluding carboxylic acids is 2. The summed E-state index contributed by atoms with van der Waals surface area (Å²) >= 11 is 0. The second-order valence-corrected chi connectivity index (χ2v) is 6.71. The standard InChI is InChI=1S/C21H24N2O5/c1-12-5-7-13(8-6-12)22-20(24)15-11-16(15)21(25)23-14-9-17(26-2)19(28-4)18(10-14)27-3/h5-10,15-16H,11H2,1-4H3,(H,22,24)(H,23,25). The summed E-state index contributed by atoms with van der Waals surface area (Å²) in [6.45, 7) is 1.98. The number of rotatable bonds is 7. The first-order chi connectivity index (χ1) is 13.5. The number of amides is 2. The molecule has 2 aromatic rings. The number of benzene rings is 2. The fraction of sp³-hybridized carbons (Fsp3) is 0.333. The Labute approximate surface area is 164 Å². The third-order valence-electron chi connectivity index (χ3n) is 4.72. The predicted octanol–water partition coefficient (Wildman–Crippen LogP) is 3.23. The maximum Gasteiger partial charge on any atom is 0.228 e. The van der Waals surface area contributed by atoms with E-state index in [1.54, 1.807) is 12.1 Å². The van der Waals surface area contributed by atoms with Crippen LogP contribution >= 0.6 is 0 Å². The Hall–Kier alpha value is -3.22. The van der Waals surface area contributed by atoms with E-state index in [-0.39, 0.29) is 23.7 Å². The molecule has 0 heterocycles. The van der Waals surface area contributed by atoms with Gasteiger partial charge in [-0.3, -0.25) is 9.59 Å². The number of anilines is 2. The lowest BCUT2D eigenvalue weighted by Crippen LogP contribution is -2.20. The van der Waals surface area contributed by atoms with Crippen LogP contribution in [0.3, 0.4) is 0 Å². The van der Waals surface area contributed by atoms with Gasteiger partial charge < -0.3 is 24.8 Å². The molecule has 1 aliphatic carbocycles. The molecule has 1 saturated carbocycles. The summed E-state index contributed by atoms with van der Waals surface area (Å²) in [5.41, 5.74) is 2.36. The molecule has 0 aliphatic heterocycles. The minimum absolute atomic E-state index is 0.145. The zero-order valence-electron chi connectivity index (χ0n) is 16.4. The van der Waals surface area contributed by atoms with E-state index in [0.717, 1.165) is 11.3 Å². The number of ether oxygens (including phenoxy) is 3. The van der Waals surface area contributed by atoms with Crippen LogP contribution in [0.2, 0.25) is 0 Å². The van der Waals surface area contributed by atoms with E-state index in [9.17, 15) is 9.59 Å². The summed E-state index contributed by atoms with van der Waals surface area (Å²) < 4.78 is 15.9. The number of methoxy groups -OCH3 is 3. The Balaban J connectivity index is 1.63. The molecule has 2 unspecified atom stereocenters. The van der Waals surface area contributed by atoms with Gasteiger partial charge >= 0.3 is 0 Å². The van der Waals surface area contributed by atoms with Crippen LogP contribution in [0.5, 0.6) is 17.2 Å². The van der Waals surface area contributed by atoms with E-state index in [4.69, 9.17) is 14.2 Å². The summed E-state index contributed by atoms with van der Waals surface area (Å²) in [5, 5.41) is 5.68. The smallest absolute Gasteiger partial charge is 0.228 e. The summed E-state index contributed by atoms with van der Waals surface area (Å²) in [7, 11) is 4.53. The molecule has 2 N–H and O–H groups in total. The fourth-order valence-electron chi connectivity index (χ4n) is 3.03. The molecule has 0 spiro atoms. The van der Waals surface area contributed by atoms with E-state index in [0.29, 0.717) is 29.4 Å². The summed E-state index contributed by atoms with van der Waals surface area (Å²) in [6, 6.07) is 10.9. The number of hydrogen-bond acceptors (Lipinski definition) is 5. The highest BCUT2D eigenvalue weighted by atomic mass is 16.5. The van der Waals surface area contributed by atoms with Crippen LogP contribution < -0.4 is 24.8 Å². The summed E-state index contributed by atoms with van der Waals surface area (Å²) in [5.74, 6) is 0.299. The molecule has 7 nitrogen and oxygen atoms in total. The molecule has 28 heavy (non-hydrogen) atoms. The summed E-state index contributed by atoms with van der Waals surface area (Å²) in [6.07, 6.45) is 0.522. The third-order valence-corrected chi connectivity index (χ3v) is 4.72. The molecule has 1 fully saturated rings. The average molecular weight is 384 g/mol. The number of aryl methyl sites for hydroxylation is 1. The lowest BCUT2D eigenvalue weighted by atomic mass is 10.2. The van der Waals surface area contributed by atoms with Crippen LogP contribution in [0, 0.1) is 18.8 Å². The van der Waals surface area contributed by atoms with Crippen molar-refractivity contribution in [2.24, 2.45) is 11.8 Å². The SMILES string of the molecule is COc1cc(NC(=O)C2CC2C(=O)Nc2ccc(C)cc2)cc(OC)c1OC.